The number of benzene rings is 1. The average Bonchev–Trinajstić information content (AvgIpc) is 2.40. The number of rotatable bonds is 5. The lowest BCUT2D eigenvalue weighted by Crippen LogP contribution is -2.40. The van der Waals surface area contributed by atoms with Crippen LogP contribution in [0.2, 0.25) is 5.02 Å². The van der Waals surface area contributed by atoms with Gasteiger partial charge in [-0.3, -0.25) is 9.59 Å². The molecule has 0 aliphatic carbocycles. The summed E-state index contributed by atoms with van der Waals surface area (Å²) >= 11 is 5.84. The summed E-state index contributed by atoms with van der Waals surface area (Å²) in [5.41, 5.74) is 6.21. The van der Waals surface area contributed by atoms with Crippen molar-refractivity contribution < 1.29 is 9.59 Å². The van der Waals surface area contributed by atoms with E-state index in [0.717, 1.165) is 0 Å². The summed E-state index contributed by atoms with van der Waals surface area (Å²) in [6, 6.07) is 4.81. The van der Waals surface area contributed by atoms with Crippen molar-refractivity contribution in [2.45, 2.75) is 13.8 Å². The zero-order valence-corrected chi connectivity index (χ0v) is 11.8. The molecule has 0 aliphatic heterocycles. The van der Waals surface area contributed by atoms with E-state index in [-0.39, 0.29) is 23.7 Å². The minimum atomic E-state index is -0.402. The number of nitrogens with zero attached hydrogens (tertiary/aromatic N) is 1. The van der Waals surface area contributed by atoms with Gasteiger partial charge in [0, 0.05) is 13.1 Å². The molecule has 1 aromatic rings. The highest BCUT2D eigenvalue weighted by Crippen LogP contribution is 2.21. The number of para-hydroxylation sites is 1. The molecule has 3 N–H and O–H groups in total. The second kappa shape index (κ2) is 6.99. The van der Waals surface area contributed by atoms with Crippen molar-refractivity contribution in [3.05, 3.63) is 28.8 Å². The zero-order chi connectivity index (χ0) is 14.4. The van der Waals surface area contributed by atoms with Crippen molar-refractivity contribution in [1.82, 2.24) is 10.2 Å². The number of nitrogens with one attached hydrogen (secondary N) is 1. The average molecular weight is 284 g/mol. The van der Waals surface area contributed by atoms with Crippen molar-refractivity contribution >= 4 is 29.1 Å². The van der Waals surface area contributed by atoms with Crippen molar-refractivity contribution in [2.24, 2.45) is 0 Å². The molecule has 0 unspecified atom stereocenters. The van der Waals surface area contributed by atoms with Gasteiger partial charge >= 0.3 is 0 Å². The summed E-state index contributed by atoms with van der Waals surface area (Å²) in [7, 11) is 0. The Kier molecular flexibility index (Phi) is 5.63. The summed E-state index contributed by atoms with van der Waals surface area (Å²) < 4.78 is 0. The van der Waals surface area contributed by atoms with E-state index in [0.29, 0.717) is 18.1 Å². The Bertz CT molecular complexity index is 473. The van der Waals surface area contributed by atoms with Gasteiger partial charge in [0.2, 0.25) is 5.91 Å². The van der Waals surface area contributed by atoms with E-state index < -0.39 is 5.91 Å². The van der Waals surface area contributed by atoms with Crippen LogP contribution in [-0.2, 0) is 4.79 Å². The minimum absolute atomic E-state index is 0.0491. The molecule has 104 valence electrons. The molecule has 1 aromatic carbocycles. The summed E-state index contributed by atoms with van der Waals surface area (Å²) in [5, 5.41) is 2.87. The van der Waals surface area contributed by atoms with Gasteiger partial charge in [-0.15, -0.1) is 0 Å². The molecule has 0 saturated heterocycles. The van der Waals surface area contributed by atoms with Crippen molar-refractivity contribution in [2.75, 3.05) is 25.4 Å². The van der Waals surface area contributed by atoms with Crippen molar-refractivity contribution in [1.29, 1.82) is 0 Å². The van der Waals surface area contributed by atoms with Gasteiger partial charge in [0.05, 0.1) is 22.8 Å². The van der Waals surface area contributed by atoms with Crippen LogP contribution in [-0.4, -0.2) is 36.3 Å². The van der Waals surface area contributed by atoms with Crippen LogP contribution < -0.4 is 11.1 Å². The van der Waals surface area contributed by atoms with Gasteiger partial charge in [0.25, 0.3) is 5.91 Å². The lowest BCUT2D eigenvalue weighted by atomic mass is 10.1. The maximum atomic E-state index is 11.9. The van der Waals surface area contributed by atoms with Crippen LogP contribution in [0.1, 0.15) is 24.2 Å². The number of anilines is 1. The van der Waals surface area contributed by atoms with E-state index in [1.54, 1.807) is 23.1 Å². The van der Waals surface area contributed by atoms with Crippen LogP contribution in [0.4, 0.5) is 5.69 Å². The van der Waals surface area contributed by atoms with Crippen LogP contribution >= 0.6 is 11.6 Å². The van der Waals surface area contributed by atoms with E-state index in [1.807, 2.05) is 13.8 Å². The molecule has 0 fully saturated rings. The molecule has 5 nitrogen and oxygen atoms in total. The monoisotopic (exact) mass is 283 g/mol. The summed E-state index contributed by atoms with van der Waals surface area (Å²) in [5.74, 6) is -0.528. The molecule has 0 heterocycles. The van der Waals surface area contributed by atoms with E-state index in [1.165, 1.54) is 0 Å². The van der Waals surface area contributed by atoms with Gasteiger partial charge in [-0.25, -0.2) is 0 Å². The number of carbonyl (C=O) groups excluding carboxylic acids is 2. The predicted molar refractivity (Wildman–Crippen MR) is 76.1 cm³/mol. The standard InChI is InChI=1S/C13H18ClN3O2/c1-3-17(4-2)11(18)8-16-13(19)9-6-5-7-10(14)12(9)15/h5-7H,3-4,8,15H2,1-2H3,(H,16,19). The fraction of sp³-hybridized carbons (Fsp3) is 0.385. The first-order valence-corrected chi connectivity index (χ1v) is 6.49. The summed E-state index contributed by atoms with van der Waals surface area (Å²) in [6.07, 6.45) is 0. The van der Waals surface area contributed by atoms with Gasteiger partial charge < -0.3 is 16.0 Å². The normalized spacial score (nSPS) is 10.1. The number of nitrogens with two attached hydrogens (primary N) is 1. The molecular weight excluding hydrogens is 266 g/mol. The highest BCUT2D eigenvalue weighted by atomic mass is 35.5. The van der Waals surface area contributed by atoms with Gasteiger partial charge in [-0.2, -0.15) is 0 Å². The minimum Gasteiger partial charge on any atom is -0.397 e. The lowest BCUT2D eigenvalue weighted by Gasteiger charge is -2.18. The quantitative estimate of drug-likeness (QED) is 0.805. The topological polar surface area (TPSA) is 75.4 Å². The molecule has 0 saturated carbocycles. The highest BCUT2D eigenvalue weighted by Gasteiger charge is 2.14. The Morgan fingerprint density at radius 3 is 2.53 bits per heavy atom. The van der Waals surface area contributed by atoms with Gasteiger partial charge in [-0.1, -0.05) is 17.7 Å². The number of hydrogen-bond donors (Lipinski definition) is 2. The Labute approximate surface area is 117 Å². The number of carbonyl (C=O) groups is 2. The molecule has 6 heteroatoms. The molecule has 19 heavy (non-hydrogen) atoms. The SMILES string of the molecule is CCN(CC)C(=O)CNC(=O)c1cccc(Cl)c1N. The smallest absolute Gasteiger partial charge is 0.253 e. The molecule has 0 spiro atoms. The Hall–Kier alpha value is -1.75. The van der Waals surface area contributed by atoms with Crippen LogP contribution in [0.15, 0.2) is 18.2 Å². The number of halogens is 1. The van der Waals surface area contributed by atoms with Gasteiger partial charge in [-0.05, 0) is 26.0 Å². The van der Waals surface area contributed by atoms with E-state index in [9.17, 15) is 9.59 Å². The van der Waals surface area contributed by atoms with Crippen LogP contribution in [0.5, 0.6) is 0 Å². The zero-order valence-electron chi connectivity index (χ0n) is 11.1. The third kappa shape index (κ3) is 3.86. The second-order valence-electron chi connectivity index (χ2n) is 3.95. The van der Waals surface area contributed by atoms with Crippen LogP contribution in [0, 0.1) is 0 Å². The largest absolute Gasteiger partial charge is 0.397 e. The Balaban J connectivity index is 2.66. The molecule has 2 amide bonds. The number of amides is 2. The van der Waals surface area contributed by atoms with E-state index in [4.69, 9.17) is 17.3 Å². The summed E-state index contributed by atoms with van der Waals surface area (Å²) in [4.78, 5) is 25.3. The Morgan fingerprint density at radius 2 is 1.95 bits per heavy atom. The van der Waals surface area contributed by atoms with Crippen LogP contribution in [0.3, 0.4) is 0 Å². The number of nitrogen functional groups attached to an aromatic ring is 1. The van der Waals surface area contributed by atoms with Crippen LogP contribution in [0.25, 0.3) is 0 Å². The Morgan fingerprint density at radius 1 is 1.32 bits per heavy atom. The molecule has 0 aromatic heterocycles. The molecule has 0 atom stereocenters. The predicted octanol–water partition coefficient (Wildman–Crippen LogP) is 1.52. The highest BCUT2D eigenvalue weighted by molar-refractivity contribution is 6.33. The maximum absolute atomic E-state index is 11.9. The van der Waals surface area contributed by atoms with E-state index >= 15 is 0 Å². The van der Waals surface area contributed by atoms with Gasteiger partial charge in [0.1, 0.15) is 0 Å². The number of hydrogen-bond acceptors (Lipinski definition) is 3. The van der Waals surface area contributed by atoms with E-state index in [2.05, 4.69) is 5.32 Å². The molecule has 0 aliphatic rings. The second-order valence-corrected chi connectivity index (χ2v) is 4.36. The van der Waals surface area contributed by atoms with Gasteiger partial charge in [0.15, 0.2) is 0 Å². The molecule has 0 radical (unpaired) electrons. The van der Waals surface area contributed by atoms with Crippen molar-refractivity contribution in [3.63, 3.8) is 0 Å². The molecule has 1 rings (SSSR count). The molecule has 0 bridgehead atoms. The third-order valence-electron chi connectivity index (χ3n) is 2.81. The van der Waals surface area contributed by atoms with Crippen molar-refractivity contribution in [3.8, 4) is 0 Å². The first kappa shape index (κ1) is 15.3. The lowest BCUT2D eigenvalue weighted by molar-refractivity contribution is -0.129. The summed E-state index contributed by atoms with van der Waals surface area (Å²) in [6.45, 7) is 4.96. The first-order chi connectivity index (χ1) is 9.01. The fourth-order valence-corrected chi connectivity index (χ4v) is 1.85. The third-order valence-corrected chi connectivity index (χ3v) is 3.14. The number of likely N-dealkylation sites (N-methyl/N-ethyl adjacent to an activating group) is 1. The fourth-order valence-electron chi connectivity index (χ4n) is 1.67. The molecular formula is C13H18ClN3O2. The maximum Gasteiger partial charge on any atom is 0.253 e. The first-order valence-electron chi connectivity index (χ1n) is 6.11.